The highest BCUT2D eigenvalue weighted by Gasteiger charge is 2.70. The van der Waals surface area contributed by atoms with Crippen LogP contribution < -0.4 is 10.9 Å². The number of aliphatic carboxylic acids is 1. The van der Waals surface area contributed by atoms with E-state index in [1.807, 2.05) is 10.9 Å². The minimum atomic E-state index is -4.14. The van der Waals surface area contributed by atoms with Gasteiger partial charge in [-0.3, -0.25) is 15.0 Å². The first-order chi connectivity index (χ1) is 14.4. The number of phenolic OH excluding ortho intramolecular Hbond substituents is 2. The third-order valence-corrected chi connectivity index (χ3v) is 8.00. The third kappa shape index (κ3) is 3.69. The predicted octanol–water partition coefficient (Wildman–Crippen LogP) is -1.40. The SMILES string of the molecule is C[C@]1(COC(=O)NNC(=O)Cc2ccc(O)c(O)c2)[C@H](C(=O)O)N2C(=O)C[C@H]2S1(=O)=O. The van der Waals surface area contributed by atoms with Crippen LogP contribution >= 0.6 is 0 Å². The zero-order chi connectivity index (χ0) is 23.1. The maximum absolute atomic E-state index is 12.7. The molecule has 0 aromatic heterocycles. The number of benzene rings is 1. The Hall–Kier alpha value is -3.55. The van der Waals surface area contributed by atoms with Gasteiger partial charge in [0.2, 0.25) is 11.8 Å². The summed E-state index contributed by atoms with van der Waals surface area (Å²) in [4.78, 5) is 47.8. The average Bonchev–Trinajstić information content (AvgIpc) is 2.82. The van der Waals surface area contributed by atoms with E-state index in [0.29, 0.717) is 5.56 Å². The van der Waals surface area contributed by atoms with Crippen molar-refractivity contribution in [3.8, 4) is 11.5 Å². The van der Waals surface area contributed by atoms with Gasteiger partial charge < -0.3 is 25.0 Å². The van der Waals surface area contributed by atoms with Crippen LogP contribution in [-0.4, -0.2) is 75.3 Å². The minimum absolute atomic E-state index is 0.278. The molecule has 13 nitrogen and oxygen atoms in total. The number of carbonyl (C=O) groups excluding carboxylic acids is 3. The molecule has 2 aliphatic heterocycles. The van der Waals surface area contributed by atoms with Crippen molar-refractivity contribution in [2.75, 3.05) is 6.61 Å². The van der Waals surface area contributed by atoms with Crippen molar-refractivity contribution in [2.24, 2.45) is 0 Å². The van der Waals surface area contributed by atoms with Gasteiger partial charge in [-0.25, -0.2) is 23.4 Å². The van der Waals surface area contributed by atoms with Crippen molar-refractivity contribution in [3.63, 3.8) is 0 Å². The summed E-state index contributed by atoms with van der Waals surface area (Å²) in [5.41, 5.74) is 4.22. The number of nitrogens with one attached hydrogen (secondary N) is 2. The van der Waals surface area contributed by atoms with Crippen molar-refractivity contribution in [3.05, 3.63) is 23.8 Å². The lowest BCUT2D eigenvalue weighted by Crippen LogP contribution is -2.58. The number of phenols is 2. The number of rotatable bonds is 5. The van der Waals surface area contributed by atoms with Crippen LogP contribution in [0.25, 0.3) is 0 Å². The summed E-state index contributed by atoms with van der Waals surface area (Å²) in [6.07, 6.45) is -1.86. The first-order valence-corrected chi connectivity index (χ1v) is 10.4. The zero-order valence-electron chi connectivity index (χ0n) is 16.1. The monoisotopic (exact) mass is 457 g/mol. The van der Waals surface area contributed by atoms with Crippen LogP contribution in [0.3, 0.4) is 0 Å². The Kier molecular flexibility index (Phi) is 5.43. The van der Waals surface area contributed by atoms with Crippen molar-refractivity contribution < 1.29 is 47.7 Å². The van der Waals surface area contributed by atoms with Gasteiger partial charge in [-0.15, -0.1) is 0 Å². The molecule has 3 amide bonds. The maximum atomic E-state index is 12.7. The van der Waals surface area contributed by atoms with Gasteiger partial charge in [0.05, 0.1) is 12.8 Å². The molecule has 2 fully saturated rings. The zero-order valence-corrected chi connectivity index (χ0v) is 16.9. The van der Waals surface area contributed by atoms with Crippen LogP contribution in [0.2, 0.25) is 0 Å². The lowest BCUT2D eigenvalue weighted by molar-refractivity contribution is -0.158. The number of hydrogen-bond acceptors (Lipinski definition) is 9. The van der Waals surface area contributed by atoms with E-state index in [4.69, 9.17) is 4.74 Å². The average molecular weight is 457 g/mol. The molecule has 0 saturated carbocycles. The summed E-state index contributed by atoms with van der Waals surface area (Å²) >= 11 is 0. The normalized spacial score (nSPS) is 25.8. The predicted molar refractivity (Wildman–Crippen MR) is 100 cm³/mol. The number of hydrazine groups is 1. The Labute approximate surface area is 175 Å². The van der Waals surface area contributed by atoms with Gasteiger partial charge in [0.15, 0.2) is 27.4 Å². The summed E-state index contributed by atoms with van der Waals surface area (Å²) in [5.74, 6) is -3.69. The lowest BCUT2D eigenvalue weighted by Gasteiger charge is -2.35. The molecule has 0 spiro atoms. The number of aromatic hydroxyl groups is 2. The standard InChI is InChI=1S/C17H19N3O10S/c1-17(14(15(25)26)20-12(24)6-13(20)31(17,28)29)7-30-16(27)19-18-11(23)5-8-2-3-9(21)10(22)4-8/h2-4,13-14,21-22H,5-7H2,1H3,(H,18,23)(H,19,27)(H,25,26)/t13-,14+,17+/m1/s1. The van der Waals surface area contributed by atoms with E-state index >= 15 is 0 Å². The molecule has 0 unspecified atom stereocenters. The van der Waals surface area contributed by atoms with E-state index in [9.17, 15) is 42.9 Å². The van der Waals surface area contributed by atoms with Crippen molar-refractivity contribution in [1.82, 2.24) is 15.8 Å². The van der Waals surface area contributed by atoms with Crippen LogP contribution in [0.5, 0.6) is 11.5 Å². The van der Waals surface area contributed by atoms with E-state index in [2.05, 4.69) is 0 Å². The fourth-order valence-corrected chi connectivity index (χ4v) is 5.82. The molecule has 2 heterocycles. The second-order valence-corrected chi connectivity index (χ2v) is 9.87. The molecular weight excluding hydrogens is 438 g/mol. The number of sulfone groups is 1. The molecule has 0 aliphatic carbocycles. The molecular formula is C17H19N3O10S. The molecule has 3 atom stereocenters. The van der Waals surface area contributed by atoms with E-state index in [1.54, 1.807) is 0 Å². The molecule has 2 aliphatic rings. The van der Waals surface area contributed by atoms with E-state index in [0.717, 1.165) is 17.9 Å². The highest BCUT2D eigenvalue weighted by Crippen LogP contribution is 2.46. The Morgan fingerprint density at radius 2 is 1.90 bits per heavy atom. The number of hydrogen-bond donors (Lipinski definition) is 5. The first-order valence-electron chi connectivity index (χ1n) is 8.88. The van der Waals surface area contributed by atoms with Gasteiger partial charge in [0.1, 0.15) is 16.7 Å². The largest absolute Gasteiger partial charge is 0.504 e. The van der Waals surface area contributed by atoms with Crippen molar-refractivity contribution in [2.45, 2.75) is 35.9 Å². The number of carboxylic acid groups (broad SMARTS) is 1. The Balaban J connectivity index is 1.58. The number of carboxylic acids is 1. The number of nitrogens with zero attached hydrogens (tertiary/aromatic N) is 1. The Morgan fingerprint density at radius 1 is 1.23 bits per heavy atom. The molecule has 2 saturated heterocycles. The summed E-state index contributed by atoms with van der Waals surface area (Å²) in [6.45, 7) is 0.218. The summed E-state index contributed by atoms with van der Waals surface area (Å²) in [6, 6.07) is 1.98. The van der Waals surface area contributed by atoms with E-state index < -0.39 is 62.2 Å². The molecule has 31 heavy (non-hydrogen) atoms. The summed E-state index contributed by atoms with van der Waals surface area (Å²) < 4.78 is 28.1. The van der Waals surface area contributed by atoms with Crippen LogP contribution in [0.15, 0.2) is 18.2 Å². The molecule has 5 N–H and O–H groups in total. The molecule has 0 bridgehead atoms. The van der Waals surface area contributed by atoms with Gasteiger partial charge in [-0.05, 0) is 24.6 Å². The number of ether oxygens (including phenoxy) is 1. The smallest absolute Gasteiger partial charge is 0.426 e. The lowest BCUT2D eigenvalue weighted by atomic mass is 9.97. The Bertz CT molecular complexity index is 1070. The molecule has 1 aromatic rings. The Morgan fingerprint density at radius 3 is 2.48 bits per heavy atom. The van der Waals surface area contributed by atoms with Gasteiger partial charge in [-0.2, -0.15) is 0 Å². The maximum Gasteiger partial charge on any atom is 0.426 e. The highest BCUT2D eigenvalue weighted by molar-refractivity contribution is 7.94. The number of fused-ring (bicyclic) bond motifs is 1. The van der Waals surface area contributed by atoms with Crippen LogP contribution in [0, 0.1) is 0 Å². The quantitative estimate of drug-likeness (QED) is 0.199. The molecule has 14 heteroatoms. The molecule has 0 radical (unpaired) electrons. The van der Waals surface area contributed by atoms with Crippen molar-refractivity contribution >= 4 is 33.7 Å². The van der Waals surface area contributed by atoms with Gasteiger partial charge >= 0.3 is 12.1 Å². The van der Waals surface area contributed by atoms with E-state index in [1.165, 1.54) is 12.1 Å². The summed E-state index contributed by atoms with van der Waals surface area (Å²) in [5, 5.41) is 26.8. The number of amides is 3. The fraction of sp³-hybridized carbons (Fsp3) is 0.412. The fourth-order valence-electron chi connectivity index (χ4n) is 3.55. The molecule has 1 aromatic carbocycles. The van der Waals surface area contributed by atoms with E-state index in [-0.39, 0.29) is 18.6 Å². The minimum Gasteiger partial charge on any atom is -0.504 e. The second-order valence-electron chi connectivity index (χ2n) is 7.31. The first kappa shape index (κ1) is 22.1. The highest BCUT2D eigenvalue weighted by atomic mass is 32.2. The third-order valence-electron chi connectivity index (χ3n) is 5.24. The topological polar surface area (TPSA) is 200 Å². The second kappa shape index (κ2) is 7.61. The molecule has 3 rings (SSSR count). The number of carbonyl (C=O) groups is 4. The van der Waals surface area contributed by atoms with Crippen molar-refractivity contribution in [1.29, 1.82) is 0 Å². The number of β-lactam (4-membered cyclic amide) rings is 1. The molecule has 168 valence electrons. The summed E-state index contributed by atoms with van der Waals surface area (Å²) in [7, 11) is -4.14. The van der Waals surface area contributed by atoms with Gasteiger partial charge in [0.25, 0.3) is 0 Å². The van der Waals surface area contributed by atoms with Crippen LogP contribution in [0.1, 0.15) is 18.9 Å². The van der Waals surface area contributed by atoms with Gasteiger partial charge in [0, 0.05) is 0 Å². The van der Waals surface area contributed by atoms with Crippen LogP contribution in [-0.2, 0) is 35.4 Å². The van der Waals surface area contributed by atoms with Crippen LogP contribution in [0.4, 0.5) is 4.79 Å². The van der Waals surface area contributed by atoms with Gasteiger partial charge in [-0.1, -0.05) is 6.07 Å².